The van der Waals surface area contributed by atoms with Crippen molar-refractivity contribution in [2.45, 2.75) is 26.8 Å². The van der Waals surface area contributed by atoms with E-state index in [1.807, 2.05) is 37.6 Å². The van der Waals surface area contributed by atoms with Gasteiger partial charge in [-0.3, -0.25) is 4.79 Å². The number of aromatic nitrogens is 2. The first-order valence-corrected chi connectivity index (χ1v) is 7.56. The van der Waals surface area contributed by atoms with Crippen molar-refractivity contribution in [3.05, 3.63) is 45.7 Å². The maximum Gasteiger partial charge on any atom is 0.251 e. The molecule has 0 radical (unpaired) electrons. The van der Waals surface area contributed by atoms with Crippen LogP contribution < -0.4 is 11.1 Å². The number of hydrogen-bond acceptors (Lipinski definition) is 3. The highest BCUT2D eigenvalue weighted by atomic mass is 79.9. The van der Waals surface area contributed by atoms with Crippen LogP contribution in [0, 0.1) is 13.8 Å². The number of rotatable bonds is 4. The van der Waals surface area contributed by atoms with Gasteiger partial charge in [-0.2, -0.15) is 5.10 Å². The van der Waals surface area contributed by atoms with Crippen molar-refractivity contribution in [1.29, 1.82) is 0 Å². The van der Waals surface area contributed by atoms with Gasteiger partial charge < -0.3 is 11.1 Å². The summed E-state index contributed by atoms with van der Waals surface area (Å²) in [6.45, 7) is 6.24. The van der Waals surface area contributed by atoms with Crippen molar-refractivity contribution in [3.63, 3.8) is 0 Å². The van der Waals surface area contributed by atoms with Gasteiger partial charge in [0.2, 0.25) is 0 Å². The molecule has 1 aromatic heterocycles. The highest BCUT2D eigenvalue weighted by Crippen LogP contribution is 2.23. The summed E-state index contributed by atoms with van der Waals surface area (Å²) in [6, 6.07) is 7.31. The Balaban J connectivity index is 0.00000242. The topological polar surface area (TPSA) is 72.9 Å². The molecule has 0 aliphatic heterocycles. The number of aryl methyl sites for hydroxylation is 1. The molecule has 22 heavy (non-hydrogen) atoms. The van der Waals surface area contributed by atoms with Gasteiger partial charge in [0.25, 0.3) is 5.91 Å². The van der Waals surface area contributed by atoms with Crippen LogP contribution in [0.4, 0.5) is 0 Å². The zero-order valence-electron chi connectivity index (χ0n) is 12.8. The molecule has 0 fully saturated rings. The third kappa shape index (κ3) is 3.88. The molecule has 7 heteroatoms. The number of nitrogens with zero attached hydrogens (tertiary/aromatic N) is 2. The molecule has 1 atom stereocenters. The van der Waals surface area contributed by atoms with Gasteiger partial charge in [-0.1, -0.05) is 0 Å². The first kappa shape index (κ1) is 18.7. The number of halogens is 2. The second-order valence-corrected chi connectivity index (χ2v) is 5.85. The average Bonchev–Trinajstić information content (AvgIpc) is 2.75. The van der Waals surface area contributed by atoms with Gasteiger partial charge in [0.15, 0.2) is 0 Å². The zero-order chi connectivity index (χ0) is 15.6. The van der Waals surface area contributed by atoms with E-state index in [0.29, 0.717) is 12.1 Å². The molecule has 3 N–H and O–H groups in total. The number of amides is 1. The number of carbonyl (C=O) groups excluding carboxylic acids is 1. The molecule has 2 aromatic rings. The lowest BCUT2D eigenvalue weighted by molar-refractivity contribution is 0.0941. The fraction of sp³-hybridized carbons (Fsp3) is 0.333. The van der Waals surface area contributed by atoms with E-state index in [9.17, 15) is 4.79 Å². The van der Waals surface area contributed by atoms with E-state index in [1.54, 1.807) is 12.1 Å². The zero-order valence-corrected chi connectivity index (χ0v) is 15.2. The van der Waals surface area contributed by atoms with E-state index in [0.717, 1.165) is 21.5 Å². The molecule has 5 nitrogen and oxygen atoms in total. The van der Waals surface area contributed by atoms with Crippen molar-refractivity contribution in [2.24, 2.45) is 5.73 Å². The normalized spacial score (nSPS) is 11.7. The summed E-state index contributed by atoms with van der Waals surface area (Å²) in [7, 11) is 0. The highest BCUT2D eigenvalue weighted by molar-refractivity contribution is 9.10. The molecule has 2 rings (SSSR count). The second kappa shape index (κ2) is 7.76. The average molecular weight is 388 g/mol. The molecule has 0 spiro atoms. The predicted molar refractivity (Wildman–Crippen MR) is 94.0 cm³/mol. The fourth-order valence-corrected chi connectivity index (χ4v) is 2.24. The van der Waals surface area contributed by atoms with Crippen molar-refractivity contribution >= 4 is 34.2 Å². The van der Waals surface area contributed by atoms with Gasteiger partial charge in [0, 0.05) is 18.2 Å². The molecule has 0 saturated carbocycles. The lowest BCUT2D eigenvalue weighted by atomic mass is 10.2. The smallest absolute Gasteiger partial charge is 0.251 e. The van der Waals surface area contributed by atoms with Crippen LogP contribution in [0.5, 0.6) is 0 Å². The molecule has 0 aliphatic rings. The van der Waals surface area contributed by atoms with Gasteiger partial charge in [-0.05, 0) is 61.0 Å². The quantitative estimate of drug-likeness (QED) is 0.847. The first-order chi connectivity index (χ1) is 9.93. The molecule has 1 heterocycles. The summed E-state index contributed by atoms with van der Waals surface area (Å²) < 4.78 is 2.85. The molecular formula is C15H20BrClN4O. The third-order valence-electron chi connectivity index (χ3n) is 3.31. The van der Waals surface area contributed by atoms with E-state index >= 15 is 0 Å². The van der Waals surface area contributed by atoms with Gasteiger partial charge >= 0.3 is 0 Å². The van der Waals surface area contributed by atoms with Gasteiger partial charge in [0.1, 0.15) is 0 Å². The van der Waals surface area contributed by atoms with E-state index in [-0.39, 0.29) is 24.4 Å². The van der Waals surface area contributed by atoms with Crippen LogP contribution in [-0.2, 0) is 0 Å². The summed E-state index contributed by atoms with van der Waals surface area (Å²) in [4.78, 5) is 12.0. The van der Waals surface area contributed by atoms with Crippen LogP contribution in [0.25, 0.3) is 5.69 Å². The molecule has 120 valence electrons. The van der Waals surface area contributed by atoms with Crippen LogP contribution in [0.2, 0.25) is 0 Å². The fourth-order valence-electron chi connectivity index (χ4n) is 2.00. The third-order valence-corrected chi connectivity index (χ3v) is 4.46. The van der Waals surface area contributed by atoms with Crippen LogP contribution in [0.1, 0.15) is 28.7 Å². The molecule has 1 aromatic carbocycles. The van der Waals surface area contributed by atoms with E-state index < -0.39 is 0 Å². The maximum absolute atomic E-state index is 12.0. The van der Waals surface area contributed by atoms with E-state index in [1.165, 1.54) is 0 Å². The molecule has 0 bridgehead atoms. The Bertz CT molecular complexity index is 654. The Morgan fingerprint density at radius 2 is 1.95 bits per heavy atom. The maximum atomic E-state index is 12.0. The van der Waals surface area contributed by atoms with Gasteiger partial charge in [-0.25, -0.2) is 4.68 Å². The van der Waals surface area contributed by atoms with Crippen molar-refractivity contribution in [1.82, 2.24) is 15.1 Å². The minimum Gasteiger partial charge on any atom is -0.348 e. The Morgan fingerprint density at radius 1 is 1.36 bits per heavy atom. The highest BCUT2D eigenvalue weighted by Gasteiger charge is 2.12. The Morgan fingerprint density at radius 3 is 2.41 bits per heavy atom. The van der Waals surface area contributed by atoms with Crippen LogP contribution in [-0.4, -0.2) is 28.3 Å². The Kier molecular flexibility index (Phi) is 6.59. The van der Waals surface area contributed by atoms with E-state index in [4.69, 9.17) is 5.73 Å². The molecule has 0 unspecified atom stereocenters. The summed E-state index contributed by atoms with van der Waals surface area (Å²) >= 11 is 3.51. The van der Waals surface area contributed by atoms with Crippen LogP contribution in [0.3, 0.4) is 0 Å². The number of hydrogen-bond donors (Lipinski definition) is 2. The van der Waals surface area contributed by atoms with Crippen molar-refractivity contribution < 1.29 is 4.79 Å². The predicted octanol–water partition coefficient (Wildman–Crippen LogP) is 2.75. The number of nitrogens with two attached hydrogens (primary N) is 1. The lowest BCUT2D eigenvalue weighted by Gasteiger charge is -2.11. The van der Waals surface area contributed by atoms with Gasteiger partial charge in [-0.15, -0.1) is 12.4 Å². The molecular weight excluding hydrogens is 368 g/mol. The monoisotopic (exact) mass is 386 g/mol. The summed E-state index contributed by atoms with van der Waals surface area (Å²) in [6.07, 6.45) is 0. The number of carbonyl (C=O) groups is 1. The van der Waals surface area contributed by atoms with E-state index in [2.05, 4.69) is 26.3 Å². The molecule has 1 amide bonds. The minimum atomic E-state index is -0.117. The Hall–Kier alpha value is -1.37. The summed E-state index contributed by atoms with van der Waals surface area (Å²) in [5.41, 5.74) is 9.00. The second-order valence-electron chi connectivity index (χ2n) is 5.05. The lowest BCUT2D eigenvalue weighted by Crippen LogP contribution is -2.37. The van der Waals surface area contributed by atoms with Crippen LogP contribution >= 0.6 is 28.3 Å². The first-order valence-electron chi connectivity index (χ1n) is 6.77. The molecule has 0 saturated heterocycles. The number of nitrogens with one attached hydrogen (secondary N) is 1. The standard InChI is InChI=1S/C15H19BrN4O.ClH/c1-9(8-17)18-15(21)12-4-6-13(7-5-12)20-11(3)14(16)10(2)19-20;/h4-7,9H,8,17H2,1-3H3,(H,18,21);1H/t9-;/m0./s1. The van der Waals surface area contributed by atoms with Crippen molar-refractivity contribution in [3.8, 4) is 5.69 Å². The SMILES string of the molecule is Cc1nn(-c2ccc(C(=O)N[C@@H](C)CN)cc2)c(C)c1Br.Cl. The van der Waals surface area contributed by atoms with Gasteiger partial charge in [0.05, 0.1) is 21.5 Å². The summed E-state index contributed by atoms with van der Waals surface area (Å²) in [5.74, 6) is -0.117. The molecule has 0 aliphatic carbocycles. The number of benzene rings is 1. The largest absolute Gasteiger partial charge is 0.348 e. The Labute approximate surface area is 144 Å². The van der Waals surface area contributed by atoms with Crippen LogP contribution in [0.15, 0.2) is 28.7 Å². The summed E-state index contributed by atoms with van der Waals surface area (Å²) in [5, 5.41) is 7.30. The minimum absolute atomic E-state index is 0. The van der Waals surface area contributed by atoms with Crippen molar-refractivity contribution in [2.75, 3.05) is 6.54 Å².